The number of halogens is 2. The van der Waals surface area contributed by atoms with E-state index in [1.807, 2.05) is 12.1 Å². The molecular formula is C28H26F2N2O3S2. The van der Waals surface area contributed by atoms with Crippen molar-refractivity contribution in [1.29, 1.82) is 0 Å². The zero-order valence-corrected chi connectivity index (χ0v) is 21.9. The van der Waals surface area contributed by atoms with E-state index in [1.165, 1.54) is 17.4 Å². The largest absolute Gasteiger partial charge is 0.457 e. The first-order valence-corrected chi connectivity index (χ1v) is 13.3. The van der Waals surface area contributed by atoms with Gasteiger partial charge in [-0.2, -0.15) is 0 Å². The standard InChI is InChI=1S/C28H26F2N2O3S2/c1-2-3-4-5-14-31-26(33)20-9-7-19(8-10-20)24-13-11-21(35-24)16-25-27(34)32(28(36)37-25)17-18-6-12-22(29)23(30)15-18/h6-13,15-16H,2-5,14,17H2,1H3,(H,31,33)/b25-16+. The van der Waals surface area contributed by atoms with E-state index in [0.29, 0.717) is 38.4 Å². The number of thioether (sulfide) groups is 1. The molecule has 1 aromatic heterocycles. The minimum atomic E-state index is -0.974. The number of hydrogen-bond acceptors (Lipinski definition) is 5. The number of nitrogens with zero attached hydrogens (tertiary/aromatic N) is 1. The van der Waals surface area contributed by atoms with E-state index in [0.717, 1.165) is 48.7 Å². The number of furan rings is 1. The molecule has 2 amide bonds. The Morgan fingerprint density at radius 1 is 1.05 bits per heavy atom. The molecular weight excluding hydrogens is 514 g/mol. The molecule has 0 spiro atoms. The Bertz CT molecular complexity index is 1340. The van der Waals surface area contributed by atoms with Crippen molar-refractivity contribution in [2.75, 3.05) is 6.54 Å². The lowest BCUT2D eigenvalue weighted by atomic mass is 10.1. The van der Waals surface area contributed by atoms with Crippen molar-refractivity contribution in [2.45, 2.75) is 39.2 Å². The summed E-state index contributed by atoms with van der Waals surface area (Å²) in [7, 11) is 0. The molecule has 1 N–H and O–H groups in total. The predicted octanol–water partition coefficient (Wildman–Crippen LogP) is 6.94. The second-order valence-electron chi connectivity index (χ2n) is 8.61. The Balaban J connectivity index is 1.38. The van der Waals surface area contributed by atoms with Crippen molar-refractivity contribution in [3.63, 3.8) is 0 Å². The fourth-order valence-electron chi connectivity index (χ4n) is 3.81. The van der Waals surface area contributed by atoms with E-state index in [-0.39, 0.29) is 18.4 Å². The molecule has 192 valence electrons. The van der Waals surface area contributed by atoms with E-state index in [4.69, 9.17) is 16.6 Å². The van der Waals surface area contributed by atoms with Crippen LogP contribution < -0.4 is 5.32 Å². The number of carbonyl (C=O) groups excluding carboxylic acids is 2. The predicted molar refractivity (Wildman–Crippen MR) is 146 cm³/mol. The number of amides is 2. The molecule has 0 saturated carbocycles. The fraction of sp³-hybridized carbons (Fsp3) is 0.250. The smallest absolute Gasteiger partial charge is 0.266 e. The topological polar surface area (TPSA) is 62.6 Å². The summed E-state index contributed by atoms with van der Waals surface area (Å²) >= 11 is 6.45. The average Bonchev–Trinajstić information content (AvgIpc) is 3.46. The van der Waals surface area contributed by atoms with Crippen LogP contribution in [0.3, 0.4) is 0 Å². The van der Waals surface area contributed by atoms with Gasteiger partial charge in [0.05, 0.1) is 11.4 Å². The zero-order chi connectivity index (χ0) is 26.4. The van der Waals surface area contributed by atoms with Crippen molar-refractivity contribution >= 4 is 46.2 Å². The van der Waals surface area contributed by atoms with Crippen molar-refractivity contribution in [3.05, 3.63) is 88.0 Å². The second-order valence-corrected chi connectivity index (χ2v) is 10.3. The Morgan fingerprint density at radius 2 is 1.84 bits per heavy atom. The minimum Gasteiger partial charge on any atom is -0.457 e. The van der Waals surface area contributed by atoms with Gasteiger partial charge in [-0.25, -0.2) is 8.78 Å². The molecule has 0 unspecified atom stereocenters. The van der Waals surface area contributed by atoms with Crippen molar-refractivity contribution in [3.8, 4) is 11.3 Å². The van der Waals surface area contributed by atoms with Gasteiger partial charge in [-0.15, -0.1) is 0 Å². The molecule has 2 aromatic carbocycles. The molecule has 1 fully saturated rings. The molecule has 4 rings (SSSR count). The number of carbonyl (C=O) groups is 2. The highest BCUT2D eigenvalue weighted by atomic mass is 32.2. The minimum absolute atomic E-state index is 0.0429. The third kappa shape index (κ3) is 6.72. The van der Waals surface area contributed by atoms with E-state index in [1.54, 1.807) is 30.3 Å². The quantitative estimate of drug-likeness (QED) is 0.172. The van der Waals surface area contributed by atoms with Crippen LogP contribution in [0.15, 0.2) is 63.9 Å². The number of unbranched alkanes of at least 4 members (excludes halogenated alkanes) is 3. The molecule has 0 bridgehead atoms. The number of hydrogen-bond donors (Lipinski definition) is 1. The van der Waals surface area contributed by atoms with Crippen LogP contribution in [0.25, 0.3) is 17.4 Å². The first kappa shape index (κ1) is 26.8. The van der Waals surface area contributed by atoms with Gasteiger partial charge in [-0.1, -0.05) is 68.4 Å². The summed E-state index contributed by atoms with van der Waals surface area (Å²) in [5.41, 5.74) is 1.81. The highest BCUT2D eigenvalue weighted by Gasteiger charge is 2.32. The number of benzene rings is 2. The average molecular weight is 541 g/mol. The lowest BCUT2D eigenvalue weighted by Crippen LogP contribution is -2.27. The number of nitrogens with one attached hydrogen (secondary N) is 1. The van der Waals surface area contributed by atoms with E-state index in [9.17, 15) is 18.4 Å². The van der Waals surface area contributed by atoms with Crippen LogP contribution >= 0.6 is 24.0 Å². The summed E-state index contributed by atoms with van der Waals surface area (Å²) in [5, 5.41) is 2.94. The summed E-state index contributed by atoms with van der Waals surface area (Å²) in [6, 6.07) is 14.2. The van der Waals surface area contributed by atoms with Crippen LogP contribution in [-0.2, 0) is 11.3 Å². The Labute approximate surface area is 223 Å². The van der Waals surface area contributed by atoms with Gasteiger partial charge in [0.2, 0.25) is 0 Å². The fourth-order valence-corrected chi connectivity index (χ4v) is 5.05. The lowest BCUT2D eigenvalue weighted by Gasteiger charge is -2.14. The first-order valence-electron chi connectivity index (χ1n) is 12.0. The van der Waals surface area contributed by atoms with Crippen LogP contribution in [0.4, 0.5) is 8.78 Å². The maximum absolute atomic E-state index is 13.5. The van der Waals surface area contributed by atoms with Crippen molar-refractivity contribution in [2.24, 2.45) is 0 Å². The summed E-state index contributed by atoms with van der Waals surface area (Å²) in [4.78, 5) is 26.9. The van der Waals surface area contributed by atoms with Crippen LogP contribution in [0, 0.1) is 11.6 Å². The van der Waals surface area contributed by atoms with Crippen LogP contribution in [0.2, 0.25) is 0 Å². The van der Waals surface area contributed by atoms with Gasteiger partial charge in [0.1, 0.15) is 15.8 Å². The Kier molecular flexibility index (Phi) is 8.89. The summed E-state index contributed by atoms with van der Waals surface area (Å²) in [6.07, 6.45) is 6.00. The molecule has 0 atom stereocenters. The highest BCUT2D eigenvalue weighted by molar-refractivity contribution is 8.26. The van der Waals surface area contributed by atoms with Crippen molar-refractivity contribution in [1.82, 2.24) is 10.2 Å². The first-order chi connectivity index (χ1) is 17.9. The summed E-state index contributed by atoms with van der Waals surface area (Å²) in [6.45, 7) is 2.85. The summed E-state index contributed by atoms with van der Waals surface area (Å²) < 4.78 is 33.0. The van der Waals surface area contributed by atoms with Gasteiger partial charge < -0.3 is 9.73 Å². The molecule has 9 heteroatoms. The third-order valence-electron chi connectivity index (χ3n) is 5.85. The highest BCUT2D eigenvalue weighted by Crippen LogP contribution is 2.34. The molecule has 5 nitrogen and oxygen atoms in total. The van der Waals surface area contributed by atoms with Crippen molar-refractivity contribution < 1.29 is 22.8 Å². The Hall–Kier alpha value is -3.30. The molecule has 2 heterocycles. The zero-order valence-electron chi connectivity index (χ0n) is 20.3. The van der Waals surface area contributed by atoms with Gasteiger partial charge in [0.25, 0.3) is 11.8 Å². The second kappa shape index (κ2) is 12.3. The maximum Gasteiger partial charge on any atom is 0.266 e. The molecule has 0 aliphatic carbocycles. The molecule has 1 aliphatic heterocycles. The number of thiocarbonyl (C=S) groups is 1. The Morgan fingerprint density at radius 3 is 2.57 bits per heavy atom. The van der Waals surface area contributed by atoms with Gasteiger partial charge in [0.15, 0.2) is 11.6 Å². The van der Waals surface area contributed by atoms with E-state index >= 15 is 0 Å². The van der Waals surface area contributed by atoms with Gasteiger partial charge >= 0.3 is 0 Å². The SMILES string of the molecule is CCCCCCNC(=O)c1ccc(-c2ccc(/C=C3/SC(=S)N(Cc4ccc(F)c(F)c4)C3=O)o2)cc1. The molecule has 1 aliphatic rings. The van der Waals surface area contributed by atoms with Crippen LogP contribution in [-0.4, -0.2) is 27.6 Å². The molecule has 3 aromatic rings. The molecule has 1 saturated heterocycles. The molecule has 37 heavy (non-hydrogen) atoms. The van der Waals surface area contributed by atoms with Crippen LogP contribution in [0.5, 0.6) is 0 Å². The normalized spacial score (nSPS) is 14.6. The monoisotopic (exact) mass is 540 g/mol. The third-order valence-corrected chi connectivity index (χ3v) is 7.22. The number of rotatable bonds is 10. The van der Waals surface area contributed by atoms with Gasteiger partial charge in [-0.3, -0.25) is 14.5 Å². The van der Waals surface area contributed by atoms with Gasteiger partial charge in [-0.05, 0) is 48.4 Å². The lowest BCUT2D eigenvalue weighted by molar-refractivity contribution is -0.122. The molecule has 0 radical (unpaired) electrons. The van der Waals surface area contributed by atoms with E-state index in [2.05, 4.69) is 12.2 Å². The maximum atomic E-state index is 13.5. The van der Waals surface area contributed by atoms with Crippen LogP contribution in [0.1, 0.15) is 54.3 Å². The van der Waals surface area contributed by atoms with E-state index < -0.39 is 11.6 Å². The summed E-state index contributed by atoms with van der Waals surface area (Å²) in [5.74, 6) is -1.29. The van der Waals surface area contributed by atoms with Gasteiger partial charge in [0, 0.05) is 23.7 Å².